The van der Waals surface area contributed by atoms with E-state index in [1.165, 1.54) is 30.2 Å². The van der Waals surface area contributed by atoms with E-state index in [0.717, 1.165) is 5.56 Å². The highest BCUT2D eigenvalue weighted by atomic mass is 32.2. The van der Waals surface area contributed by atoms with Crippen molar-refractivity contribution in [1.29, 1.82) is 0 Å². The zero-order valence-electron chi connectivity index (χ0n) is 15.8. The normalized spacial score (nSPS) is 11.0. The van der Waals surface area contributed by atoms with E-state index >= 15 is 0 Å². The summed E-state index contributed by atoms with van der Waals surface area (Å²) in [6.45, 7) is 1.79. The summed E-state index contributed by atoms with van der Waals surface area (Å²) in [6.07, 6.45) is 1.91. The van der Waals surface area contributed by atoms with E-state index in [9.17, 15) is 9.18 Å². The number of carbonyl (C=O) groups excluding carboxylic acids is 1. The topological polar surface area (TPSA) is 120 Å². The summed E-state index contributed by atoms with van der Waals surface area (Å²) in [5, 5.41) is 14.7. The second-order valence-electron chi connectivity index (χ2n) is 6.25. The standard InChI is InChI=1S/C19H16FN5O4S/c1-11-4-5-12(20)9-13(11)21-16(26)6-7-17-22-15(25-29-17)10-30-19-24-23-18(28-19)14-3-2-8-27-14/h2-5,8-9H,6-7,10H2,1H3,(H,21,26). The maximum absolute atomic E-state index is 13.3. The van der Waals surface area contributed by atoms with Gasteiger partial charge < -0.3 is 18.7 Å². The van der Waals surface area contributed by atoms with E-state index in [0.29, 0.717) is 34.1 Å². The number of thioether (sulfide) groups is 1. The first kappa shape index (κ1) is 19.8. The van der Waals surface area contributed by atoms with Gasteiger partial charge >= 0.3 is 0 Å². The molecule has 1 N–H and O–H groups in total. The number of furan rings is 1. The monoisotopic (exact) mass is 429 g/mol. The van der Waals surface area contributed by atoms with E-state index in [2.05, 4.69) is 25.7 Å². The SMILES string of the molecule is Cc1ccc(F)cc1NC(=O)CCc1nc(CSc2nnc(-c3ccco3)o2)no1. The molecule has 3 heterocycles. The number of amides is 1. The van der Waals surface area contributed by atoms with Gasteiger partial charge in [0.15, 0.2) is 11.6 Å². The first-order valence-electron chi connectivity index (χ1n) is 8.94. The lowest BCUT2D eigenvalue weighted by Crippen LogP contribution is -2.13. The number of benzene rings is 1. The Hall–Kier alpha value is -3.47. The molecule has 0 aliphatic rings. The zero-order chi connectivity index (χ0) is 20.9. The summed E-state index contributed by atoms with van der Waals surface area (Å²) in [6, 6.07) is 7.68. The molecule has 0 aliphatic heterocycles. The van der Waals surface area contributed by atoms with Gasteiger partial charge in [0.1, 0.15) is 5.82 Å². The third-order valence-electron chi connectivity index (χ3n) is 4.01. The van der Waals surface area contributed by atoms with Crippen molar-refractivity contribution in [3.8, 4) is 11.7 Å². The van der Waals surface area contributed by atoms with E-state index < -0.39 is 5.82 Å². The van der Waals surface area contributed by atoms with Crippen molar-refractivity contribution >= 4 is 23.4 Å². The second kappa shape index (κ2) is 8.91. The number of rotatable bonds is 8. The second-order valence-corrected chi connectivity index (χ2v) is 7.18. The predicted molar refractivity (Wildman–Crippen MR) is 104 cm³/mol. The highest BCUT2D eigenvalue weighted by Crippen LogP contribution is 2.25. The number of carbonyl (C=O) groups is 1. The molecule has 0 fully saturated rings. The molecule has 3 aromatic heterocycles. The Kier molecular flexibility index (Phi) is 5.89. The van der Waals surface area contributed by atoms with Crippen LogP contribution in [0.25, 0.3) is 11.7 Å². The van der Waals surface area contributed by atoms with Crippen LogP contribution in [0.5, 0.6) is 0 Å². The van der Waals surface area contributed by atoms with Crippen LogP contribution in [0.1, 0.15) is 23.7 Å². The predicted octanol–water partition coefficient (Wildman–Crippen LogP) is 4.02. The van der Waals surface area contributed by atoms with Crippen LogP contribution in [0.15, 0.2) is 55.2 Å². The molecule has 154 valence electrons. The average Bonchev–Trinajstić information content (AvgIpc) is 3.49. The van der Waals surface area contributed by atoms with Crippen LogP contribution in [0, 0.1) is 12.7 Å². The minimum atomic E-state index is -0.410. The van der Waals surface area contributed by atoms with Gasteiger partial charge in [0, 0.05) is 18.5 Å². The molecule has 0 atom stereocenters. The minimum Gasteiger partial charge on any atom is -0.459 e. The van der Waals surface area contributed by atoms with Crippen molar-refractivity contribution in [2.75, 3.05) is 5.32 Å². The van der Waals surface area contributed by atoms with Crippen LogP contribution in [0.2, 0.25) is 0 Å². The van der Waals surface area contributed by atoms with Gasteiger partial charge in [0.2, 0.25) is 11.8 Å². The van der Waals surface area contributed by atoms with Gasteiger partial charge in [-0.15, -0.1) is 10.2 Å². The Morgan fingerprint density at radius 2 is 2.17 bits per heavy atom. The Bertz CT molecular complexity index is 1140. The Labute approximate surface area is 174 Å². The van der Waals surface area contributed by atoms with Gasteiger partial charge in [0.05, 0.1) is 12.0 Å². The van der Waals surface area contributed by atoms with Gasteiger partial charge in [-0.05, 0) is 36.8 Å². The summed E-state index contributed by atoms with van der Waals surface area (Å²) in [5.74, 6) is 1.23. The van der Waals surface area contributed by atoms with Crippen LogP contribution >= 0.6 is 11.8 Å². The maximum atomic E-state index is 13.3. The first-order valence-corrected chi connectivity index (χ1v) is 9.93. The molecular weight excluding hydrogens is 413 g/mol. The van der Waals surface area contributed by atoms with E-state index in [-0.39, 0.29) is 24.6 Å². The smallest absolute Gasteiger partial charge is 0.284 e. The van der Waals surface area contributed by atoms with Crippen LogP contribution in [0.3, 0.4) is 0 Å². The fourth-order valence-corrected chi connectivity index (χ4v) is 3.11. The molecule has 11 heteroatoms. The lowest BCUT2D eigenvalue weighted by Gasteiger charge is -2.07. The number of hydrogen-bond donors (Lipinski definition) is 1. The fourth-order valence-electron chi connectivity index (χ4n) is 2.51. The highest BCUT2D eigenvalue weighted by molar-refractivity contribution is 7.98. The van der Waals surface area contributed by atoms with E-state index in [4.69, 9.17) is 13.4 Å². The molecule has 4 rings (SSSR count). The zero-order valence-corrected chi connectivity index (χ0v) is 16.6. The van der Waals surface area contributed by atoms with Crippen molar-refractivity contribution in [3.05, 3.63) is 59.7 Å². The quantitative estimate of drug-likeness (QED) is 0.414. The average molecular weight is 429 g/mol. The molecule has 1 amide bonds. The number of aromatic nitrogens is 4. The van der Waals surface area contributed by atoms with Crippen molar-refractivity contribution in [3.63, 3.8) is 0 Å². The number of hydrogen-bond acceptors (Lipinski definition) is 9. The molecule has 0 bridgehead atoms. The summed E-state index contributed by atoms with van der Waals surface area (Å²) >= 11 is 1.25. The van der Waals surface area contributed by atoms with Crippen molar-refractivity contribution in [2.45, 2.75) is 30.7 Å². The molecule has 1 aromatic carbocycles. The van der Waals surface area contributed by atoms with Crippen molar-refractivity contribution < 1.29 is 22.5 Å². The summed E-state index contributed by atoms with van der Waals surface area (Å²) in [5.41, 5.74) is 1.22. The molecule has 0 unspecified atom stereocenters. The molecule has 30 heavy (non-hydrogen) atoms. The largest absolute Gasteiger partial charge is 0.459 e. The summed E-state index contributed by atoms with van der Waals surface area (Å²) < 4.78 is 29.2. The lowest BCUT2D eigenvalue weighted by atomic mass is 10.2. The van der Waals surface area contributed by atoms with Crippen molar-refractivity contribution in [2.24, 2.45) is 0 Å². The maximum Gasteiger partial charge on any atom is 0.284 e. The van der Waals surface area contributed by atoms with Gasteiger partial charge in [-0.1, -0.05) is 23.0 Å². The number of aryl methyl sites for hydroxylation is 2. The summed E-state index contributed by atoms with van der Waals surface area (Å²) in [7, 11) is 0. The Morgan fingerprint density at radius 1 is 1.27 bits per heavy atom. The third kappa shape index (κ3) is 4.92. The Balaban J connectivity index is 1.26. The molecule has 0 aliphatic carbocycles. The molecule has 9 nitrogen and oxygen atoms in total. The molecule has 0 spiro atoms. The molecule has 4 aromatic rings. The highest BCUT2D eigenvalue weighted by Gasteiger charge is 2.14. The van der Waals surface area contributed by atoms with Gasteiger partial charge in [0.25, 0.3) is 11.1 Å². The van der Waals surface area contributed by atoms with Crippen LogP contribution in [-0.2, 0) is 17.0 Å². The molecular formula is C19H16FN5O4S. The lowest BCUT2D eigenvalue weighted by molar-refractivity contribution is -0.116. The number of anilines is 1. The van der Waals surface area contributed by atoms with Crippen molar-refractivity contribution in [1.82, 2.24) is 20.3 Å². The van der Waals surface area contributed by atoms with Crippen LogP contribution in [0.4, 0.5) is 10.1 Å². The molecule has 0 saturated heterocycles. The minimum absolute atomic E-state index is 0.126. The molecule has 0 saturated carbocycles. The molecule has 0 radical (unpaired) electrons. The summed E-state index contributed by atoms with van der Waals surface area (Å²) in [4.78, 5) is 16.3. The number of nitrogens with one attached hydrogen (secondary N) is 1. The van der Waals surface area contributed by atoms with Gasteiger partial charge in [-0.2, -0.15) is 4.98 Å². The van der Waals surface area contributed by atoms with Crippen LogP contribution in [-0.4, -0.2) is 26.2 Å². The fraction of sp³-hybridized carbons (Fsp3) is 0.211. The number of nitrogens with zero attached hydrogens (tertiary/aromatic N) is 4. The Morgan fingerprint density at radius 3 is 3.00 bits per heavy atom. The van der Waals surface area contributed by atoms with Crippen LogP contribution < -0.4 is 5.32 Å². The van der Waals surface area contributed by atoms with Gasteiger partial charge in [-0.25, -0.2) is 4.39 Å². The number of halogens is 1. The first-order chi connectivity index (χ1) is 14.6. The third-order valence-corrected chi connectivity index (χ3v) is 4.83. The van der Waals surface area contributed by atoms with E-state index in [1.54, 1.807) is 25.1 Å². The van der Waals surface area contributed by atoms with E-state index in [1.807, 2.05) is 0 Å². The van der Waals surface area contributed by atoms with Gasteiger partial charge in [-0.3, -0.25) is 4.79 Å².